The number of aryl methyl sites for hydroxylation is 1. The summed E-state index contributed by atoms with van der Waals surface area (Å²) in [5.74, 6) is 0.656. The van der Waals surface area contributed by atoms with E-state index in [0.717, 1.165) is 12.8 Å². The summed E-state index contributed by atoms with van der Waals surface area (Å²) in [4.78, 5) is 12.2. The Hall–Kier alpha value is -1.58. The fraction of sp³-hybridized carbons (Fsp3) is 0.538. The van der Waals surface area contributed by atoms with E-state index < -0.39 is 0 Å². The van der Waals surface area contributed by atoms with Gasteiger partial charge >= 0.3 is 0 Å². The molecule has 0 bridgehead atoms. The molecule has 4 heteroatoms. The van der Waals surface area contributed by atoms with Crippen molar-refractivity contribution in [2.75, 3.05) is 7.11 Å². The van der Waals surface area contributed by atoms with Gasteiger partial charge in [0.15, 0.2) is 11.5 Å². The number of rotatable bonds is 4. The number of aromatic nitrogens is 2. The number of nitrogens with zero attached hydrogens (tertiary/aromatic N) is 2. The van der Waals surface area contributed by atoms with Gasteiger partial charge in [-0.2, -0.15) is 5.10 Å². The third-order valence-corrected chi connectivity index (χ3v) is 3.16. The van der Waals surface area contributed by atoms with Crippen LogP contribution in [0.25, 0.3) is 0 Å². The van der Waals surface area contributed by atoms with Gasteiger partial charge < -0.3 is 4.74 Å². The molecule has 0 unspecified atom stereocenters. The van der Waals surface area contributed by atoms with E-state index in [-0.39, 0.29) is 5.78 Å². The van der Waals surface area contributed by atoms with Crippen molar-refractivity contribution >= 4 is 5.78 Å². The number of ether oxygens (including phenoxy) is 1. The molecule has 1 aliphatic rings. The molecule has 17 heavy (non-hydrogen) atoms. The maximum Gasteiger partial charge on any atom is 0.188 e. The Kier molecular flexibility index (Phi) is 3.61. The van der Waals surface area contributed by atoms with E-state index in [1.807, 2.05) is 0 Å². The molecule has 1 heterocycles. The molecule has 0 spiro atoms. The van der Waals surface area contributed by atoms with Gasteiger partial charge in [-0.1, -0.05) is 11.6 Å². The molecule has 0 radical (unpaired) electrons. The second-order valence-corrected chi connectivity index (χ2v) is 4.39. The van der Waals surface area contributed by atoms with Crippen LogP contribution in [-0.4, -0.2) is 22.7 Å². The third-order valence-electron chi connectivity index (χ3n) is 3.16. The molecule has 0 saturated carbocycles. The largest absolute Gasteiger partial charge is 0.493 e. The molecular formula is C13H18N2O2. The lowest BCUT2D eigenvalue weighted by atomic mass is 9.95. The van der Waals surface area contributed by atoms with E-state index in [0.29, 0.717) is 17.9 Å². The number of hydrogen-bond donors (Lipinski definition) is 0. The molecular weight excluding hydrogens is 216 g/mol. The Morgan fingerprint density at radius 3 is 3.00 bits per heavy atom. The van der Waals surface area contributed by atoms with Crippen LogP contribution in [0.1, 0.15) is 42.6 Å². The zero-order valence-corrected chi connectivity index (χ0v) is 10.4. The number of hydrogen-bond acceptors (Lipinski definition) is 3. The predicted octanol–water partition coefficient (Wildman–Crippen LogP) is 2.50. The first kappa shape index (κ1) is 11.9. The molecule has 0 saturated heterocycles. The zero-order chi connectivity index (χ0) is 12.3. The lowest BCUT2D eigenvalue weighted by Gasteiger charge is -2.12. The van der Waals surface area contributed by atoms with Gasteiger partial charge in [-0.25, -0.2) is 0 Å². The second-order valence-electron chi connectivity index (χ2n) is 4.39. The maximum atomic E-state index is 12.2. The summed E-state index contributed by atoms with van der Waals surface area (Å²) in [5.41, 5.74) is 1.82. The number of carbonyl (C=O) groups is 1. The molecule has 1 aliphatic carbocycles. The monoisotopic (exact) mass is 234 g/mol. The van der Waals surface area contributed by atoms with Gasteiger partial charge in [0.25, 0.3) is 0 Å². The molecule has 4 nitrogen and oxygen atoms in total. The summed E-state index contributed by atoms with van der Waals surface area (Å²) in [6, 6.07) is 0. The first-order chi connectivity index (χ1) is 8.22. The summed E-state index contributed by atoms with van der Waals surface area (Å²) < 4.78 is 6.74. The maximum absolute atomic E-state index is 12.2. The Bertz CT molecular complexity index is 446. The summed E-state index contributed by atoms with van der Waals surface area (Å²) in [6.45, 7) is 0. The minimum atomic E-state index is 0.0926. The van der Waals surface area contributed by atoms with Crippen molar-refractivity contribution in [2.24, 2.45) is 7.05 Å². The molecule has 0 atom stereocenters. The van der Waals surface area contributed by atoms with Gasteiger partial charge in [-0.05, 0) is 25.7 Å². The molecule has 0 amide bonds. The molecule has 0 aliphatic heterocycles. The molecule has 0 N–H and O–H groups in total. The van der Waals surface area contributed by atoms with Gasteiger partial charge in [-0.15, -0.1) is 0 Å². The minimum Gasteiger partial charge on any atom is -0.493 e. The number of methoxy groups -OCH3 is 1. The molecule has 1 aromatic heterocycles. The van der Waals surface area contributed by atoms with E-state index in [4.69, 9.17) is 4.74 Å². The van der Waals surface area contributed by atoms with E-state index >= 15 is 0 Å². The van der Waals surface area contributed by atoms with E-state index in [9.17, 15) is 4.79 Å². The average molecular weight is 234 g/mol. The van der Waals surface area contributed by atoms with Crippen LogP contribution < -0.4 is 4.74 Å². The standard InChI is InChI=1S/C13H18N2O2/c1-15-13(12(17-2)9-14-15)11(16)8-10-6-4-3-5-7-10/h6,9H,3-5,7-8H2,1-2H3. The fourth-order valence-electron chi connectivity index (χ4n) is 2.24. The number of allylic oxidation sites excluding steroid dienone is 2. The van der Waals surface area contributed by atoms with Crippen LogP contribution in [0, 0.1) is 0 Å². The van der Waals surface area contributed by atoms with Crippen LogP contribution in [0.15, 0.2) is 17.8 Å². The van der Waals surface area contributed by atoms with Crippen LogP contribution in [0.3, 0.4) is 0 Å². The number of carbonyl (C=O) groups excluding carboxylic acids is 1. The summed E-state index contributed by atoms with van der Waals surface area (Å²) in [7, 11) is 3.33. The Balaban J connectivity index is 2.13. The highest BCUT2D eigenvalue weighted by Gasteiger charge is 2.19. The lowest BCUT2D eigenvalue weighted by molar-refractivity contribution is 0.0979. The van der Waals surface area contributed by atoms with Crippen molar-refractivity contribution in [3.63, 3.8) is 0 Å². The average Bonchev–Trinajstić information content (AvgIpc) is 2.71. The highest BCUT2D eigenvalue weighted by molar-refractivity contribution is 5.98. The van der Waals surface area contributed by atoms with Crippen molar-refractivity contribution in [3.8, 4) is 5.75 Å². The Labute approximate surface area is 101 Å². The quantitative estimate of drug-likeness (QED) is 0.594. The highest BCUT2D eigenvalue weighted by atomic mass is 16.5. The Morgan fingerprint density at radius 1 is 1.53 bits per heavy atom. The molecule has 1 aromatic rings. The van der Waals surface area contributed by atoms with Crippen molar-refractivity contribution in [3.05, 3.63) is 23.5 Å². The summed E-state index contributed by atoms with van der Waals surface area (Å²) in [6.07, 6.45) is 8.87. The van der Waals surface area contributed by atoms with Crippen molar-refractivity contribution in [1.29, 1.82) is 0 Å². The predicted molar refractivity (Wildman–Crippen MR) is 65.3 cm³/mol. The minimum absolute atomic E-state index is 0.0926. The summed E-state index contributed by atoms with van der Waals surface area (Å²) >= 11 is 0. The zero-order valence-electron chi connectivity index (χ0n) is 10.4. The van der Waals surface area contributed by atoms with Gasteiger partial charge in [0.05, 0.1) is 13.3 Å². The van der Waals surface area contributed by atoms with Crippen LogP contribution in [-0.2, 0) is 7.05 Å². The van der Waals surface area contributed by atoms with E-state index in [1.54, 1.807) is 25.0 Å². The van der Waals surface area contributed by atoms with Crippen molar-refractivity contribution in [2.45, 2.75) is 32.1 Å². The normalized spacial score (nSPS) is 15.5. The molecule has 92 valence electrons. The number of Topliss-reactive ketones (excluding diaryl/α,β-unsaturated/α-hetero) is 1. The molecule has 0 aromatic carbocycles. The van der Waals surface area contributed by atoms with Gasteiger partial charge in [0.1, 0.15) is 5.69 Å². The molecule has 2 rings (SSSR count). The highest BCUT2D eigenvalue weighted by Crippen LogP contribution is 2.24. The topological polar surface area (TPSA) is 44.1 Å². The number of ketones is 1. The van der Waals surface area contributed by atoms with Gasteiger partial charge in [0.2, 0.25) is 0 Å². The van der Waals surface area contributed by atoms with Gasteiger partial charge in [-0.3, -0.25) is 9.48 Å². The van der Waals surface area contributed by atoms with Crippen molar-refractivity contribution < 1.29 is 9.53 Å². The fourth-order valence-corrected chi connectivity index (χ4v) is 2.24. The van der Waals surface area contributed by atoms with Crippen LogP contribution in [0.2, 0.25) is 0 Å². The second kappa shape index (κ2) is 5.17. The first-order valence-corrected chi connectivity index (χ1v) is 5.99. The van der Waals surface area contributed by atoms with Gasteiger partial charge in [0, 0.05) is 13.5 Å². The third kappa shape index (κ3) is 2.57. The Morgan fingerprint density at radius 2 is 2.35 bits per heavy atom. The SMILES string of the molecule is COc1cnn(C)c1C(=O)CC1=CCCCC1. The van der Waals surface area contributed by atoms with E-state index in [1.165, 1.54) is 18.4 Å². The van der Waals surface area contributed by atoms with Crippen molar-refractivity contribution in [1.82, 2.24) is 9.78 Å². The van der Waals surface area contributed by atoms with Crippen LogP contribution in [0.4, 0.5) is 0 Å². The lowest BCUT2D eigenvalue weighted by Crippen LogP contribution is -2.10. The van der Waals surface area contributed by atoms with Crippen LogP contribution >= 0.6 is 0 Å². The smallest absolute Gasteiger partial charge is 0.188 e. The van der Waals surface area contributed by atoms with Crippen LogP contribution in [0.5, 0.6) is 5.75 Å². The van der Waals surface area contributed by atoms with E-state index in [2.05, 4.69) is 11.2 Å². The molecule has 0 fully saturated rings. The summed E-state index contributed by atoms with van der Waals surface area (Å²) in [5, 5.41) is 4.05. The first-order valence-electron chi connectivity index (χ1n) is 5.99.